The highest BCUT2D eigenvalue weighted by Crippen LogP contribution is 2.27. The summed E-state index contributed by atoms with van der Waals surface area (Å²) in [5.74, 6) is -0.224. The normalized spacial score (nSPS) is 16.9. The van der Waals surface area contributed by atoms with Crippen molar-refractivity contribution >= 4 is 34.1 Å². The Morgan fingerprint density at radius 1 is 0.972 bits per heavy atom. The lowest BCUT2D eigenvalue weighted by molar-refractivity contribution is 0.00827. The highest BCUT2D eigenvalue weighted by atomic mass is 32.1. The summed E-state index contributed by atoms with van der Waals surface area (Å²) in [4.78, 5) is 36.0. The molecule has 2 fully saturated rings. The van der Waals surface area contributed by atoms with Gasteiger partial charge < -0.3 is 14.4 Å². The standard InChI is InChI=1S/C27H26FN5O2S/c1-18-13-33(21-5-3-20(28)4-6-21)25-7-2-19(12-23(18)25)26(34)31-10-8-30(9-11-31)22-14-32(15-22)27(35)24-16-36-17-29-24/h2-7,12-13,16-17,22H,8-11,14-15H2,1H3. The molecule has 2 amide bonds. The van der Waals surface area contributed by atoms with Crippen molar-refractivity contribution < 1.29 is 14.0 Å². The van der Waals surface area contributed by atoms with Gasteiger partial charge in [-0.25, -0.2) is 9.37 Å². The minimum absolute atomic E-state index is 0.000241. The smallest absolute Gasteiger partial charge is 0.273 e. The van der Waals surface area contributed by atoms with Crippen molar-refractivity contribution in [2.24, 2.45) is 0 Å². The molecule has 0 bridgehead atoms. The van der Waals surface area contributed by atoms with Gasteiger partial charge in [-0.1, -0.05) is 0 Å². The fourth-order valence-corrected chi connectivity index (χ4v) is 5.67. The minimum atomic E-state index is -0.265. The number of carbonyl (C=O) groups excluding carboxylic acids is 2. The second kappa shape index (κ2) is 9.15. The molecule has 0 N–H and O–H groups in total. The highest BCUT2D eigenvalue weighted by molar-refractivity contribution is 7.07. The van der Waals surface area contributed by atoms with E-state index in [1.807, 2.05) is 45.7 Å². The molecule has 0 radical (unpaired) electrons. The quantitative estimate of drug-likeness (QED) is 0.425. The van der Waals surface area contributed by atoms with Gasteiger partial charge in [0.25, 0.3) is 11.8 Å². The molecule has 4 aromatic rings. The average Bonchev–Trinajstić information content (AvgIpc) is 3.52. The van der Waals surface area contributed by atoms with Crippen molar-refractivity contribution in [2.45, 2.75) is 13.0 Å². The van der Waals surface area contributed by atoms with Crippen LogP contribution < -0.4 is 0 Å². The molecule has 4 heterocycles. The first-order chi connectivity index (χ1) is 17.5. The van der Waals surface area contributed by atoms with Gasteiger partial charge in [-0.2, -0.15) is 0 Å². The summed E-state index contributed by atoms with van der Waals surface area (Å²) in [7, 11) is 0. The van der Waals surface area contributed by atoms with E-state index in [2.05, 4.69) is 9.88 Å². The largest absolute Gasteiger partial charge is 0.336 e. The van der Waals surface area contributed by atoms with Gasteiger partial charge in [-0.05, 0) is 55.0 Å². The zero-order valence-corrected chi connectivity index (χ0v) is 20.7. The van der Waals surface area contributed by atoms with Crippen LogP contribution in [0.4, 0.5) is 4.39 Å². The van der Waals surface area contributed by atoms with Crippen LogP contribution in [0.25, 0.3) is 16.6 Å². The van der Waals surface area contributed by atoms with E-state index < -0.39 is 0 Å². The summed E-state index contributed by atoms with van der Waals surface area (Å²) in [6.07, 6.45) is 2.02. The van der Waals surface area contributed by atoms with Crippen LogP contribution in [0.15, 0.2) is 59.6 Å². The Labute approximate surface area is 212 Å². The molecule has 2 aliphatic rings. The van der Waals surface area contributed by atoms with Crippen LogP contribution in [0.1, 0.15) is 26.4 Å². The number of hydrogen-bond acceptors (Lipinski definition) is 5. The van der Waals surface area contributed by atoms with Gasteiger partial charge in [0.1, 0.15) is 11.5 Å². The number of likely N-dealkylation sites (tertiary alicyclic amines) is 1. The van der Waals surface area contributed by atoms with Gasteiger partial charge >= 0.3 is 0 Å². The van der Waals surface area contributed by atoms with E-state index in [-0.39, 0.29) is 17.6 Å². The van der Waals surface area contributed by atoms with Gasteiger partial charge in [0.2, 0.25) is 0 Å². The fraction of sp³-hybridized carbons (Fsp3) is 0.296. The number of hydrogen-bond donors (Lipinski definition) is 0. The molecule has 2 saturated heterocycles. The summed E-state index contributed by atoms with van der Waals surface area (Å²) in [6, 6.07) is 12.6. The fourth-order valence-electron chi connectivity index (χ4n) is 5.15. The number of nitrogens with zero attached hydrogens (tertiary/aromatic N) is 5. The van der Waals surface area contributed by atoms with Crippen LogP contribution in [0, 0.1) is 12.7 Å². The molecule has 0 spiro atoms. The zero-order valence-electron chi connectivity index (χ0n) is 19.9. The molecule has 36 heavy (non-hydrogen) atoms. The van der Waals surface area contributed by atoms with E-state index in [0.717, 1.165) is 35.2 Å². The van der Waals surface area contributed by atoms with Gasteiger partial charge in [0, 0.05) is 73.5 Å². The zero-order chi connectivity index (χ0) is 24.8. The molecule has 0 aliphatic carbocycles. The van der Waals surface area contributed by atoms with Gasteiger partial charge in [-0.3, -0.25) is 14.5 Å². The highest BCUT2D eigenvalue weighted by Gasteiger charge is 2.37. The number of aromatic nitrogens is 2. The number of rotatable bonds is 4. The predicted molar refractivity (Wildman–Crippen MR) is 137 cm³/mol. The molecule has 9 heteroatoms. The van der Waals surface area contributed by atoms with Crippen molar-refractivity contribution in [1.82, 2.24) is 24.3 Å². The molecule has 7 nitrogen and oxygen atoms in total. The van der Waals surface area contributed by atoms with Gasteiger partial charge in [-0.15, -0.1) is 11.3 Å². The maximum atomic E-state index is 13.4. The lowest BCUT2D eigenvalue weighted by Gasteiger charge is -2.47. The van der Waals surface area contributed by atoms with Gasteiger partial charge in [0.15, 0.2) is 0 Å². The predicted octanol–water partition coefficient (Wildman–Crippen LogP) is 3.82. The first kappa shape index (κ1) is 22.9. The van der Waals surface area contributed by atoms with Crippen LogP contribution in [-0.2, 0) is 0 Å². The molecular weight excluding hydrogens is 477 g/mol. The monoisotopic (exact) mass is 503 g/mol. The second-order valence-electron chi connectivity index (χ2n) is 9.46. The molecule has 0 atom stereocenters. The van der Waals surface area contributed by atoms with Crippen molar-refractivity contribution in [3.63, 3.8) is 0 Å². The Bertz CT molecular complexity index is 1420. The second-order valence-corrected chi connectivity index (χ2v) is 10.2. The number of benzene rings is 2. The number of fused-ring (bicyclic) bond motifs is 1. The van der Waals surface area contributed by atoms with E-state index in [1.165, 1.54) is 23.5 Å². The molecule has 2 aromatic heterocycles. The number of aryl methyl sites for hydroxylation is 1. The van der Waals surface area contributed by atoms with Gasteiger partial charge in [0.05, 0.1) is 11.0 Å². The molecule has 2 aromatic carbocycles. The lowest BCUT2D eigenvalue weighted by atomic mass is 10.0. The first-order valence-corrected chi connectivity index (χ1v) is 13.0. The minimum Gasteiger partial charge on any atom is -0.336 e. The molecule has 2 aliphatic heterocycles. The van der Waals surface area contributed by atoms with E-state index in [4.69, 9.17) is 0 Å². The van der Waals surface area contributed by atoms with Crippen molar-refractivity contribution in [3.8, 4) is 5.69 Å². The lowest BCUT2D eigenvalue weighted by Crippen LogP contribution is -2.64. The third kappa shape index (κ3) is 4.08. The molecule has 0 saturated carbocycles. The van der Waals surface area contributed by atoms with Crippen LogP contribution in [-0.4, -0.2) is 81.4 Å². The molecule has 6 rings (SSSR count). The van der Waals surface area contributed by atoms with Crippen LogP contribution in [0.5, 0.6) is 0 Å². The van der Waals surface area contributed by atoms with Crippen LogP contribution in [0.3, 0.4) is 0 Å². The summed E-state index contributed by atoms with van der Waals surface area (Å²) < 4.78 is 15.4. The van der Waals surface area contributed by atoms with Crippen LogP contribution in [0.2, 0.25) is 0 Å². The first-order valence-electron chi connectivity index (χ1n) is 12.1. The summed E-state index contributed by atoms with van der Waals surface area (Å²) in [5, 5.41) is 2.81. The van der Waals surface area contributed by atoms with Crippen molar-refractivity contribution in [2.75, 3.05) is 39.3 Å². The Hall–Kier alpha value is -3.56. The average molecular weight is 504 g/mol. The third-order valence-electron chi connectivity index (χ3n) is 7.27. The van der Waals surface area contributed by atoms with Crippen LogP contribution >= 0.6 is 11.3 Å². The number of halogens is 1. The number of thiazole rings is 1. The molecule has 0 unspecified atom stereocenters. The Kier molecular flexibility index (Phi) is 5.81. The number of amides is 2. The Balaban J connectivity index is 1.09. The summed E-state index contributed by atoms with van der Waals surface area (Å²) in [5.41, 5.74) is 5.82. The topological polar surface area (TPSA) is 61.7 Å². The van der Waals surface area contributed by atoms with E-state index in [0.29, 0.717) is 43.5 Å². The SMILES string of the molecule is Cc1cn(-c2ccc(F)cc2)c2ccc(C(=O)N3CCN(C4CN(C(=O)c5cscn5)C4)CC3)cc12. The van der Waals surface area contributed by atoms with Crippen molar-refractivity contribution in [3.05, 3.63) is 82.2 Å². The summed E-state index contributed by atoms with van der Waals surface area (Å²) in [6.45, 7) is 6.40. The molecular formula is C27H26FN5O2S. The van der Waals surface area contributed by atoms with E-state index in [1.54, 1.807) is 23.0 Å². The van der Waals surface area contributed by atoms with E-state index in [9.17, 15) is 14.0 Å². The number of piperazine rings is 1. The summed E-state index contributed by atoms with van der Waals surface area (Å²) >= 11 is 1.43. The van der Waals surface area contributed by atoms with Crippen molar-refractivity contribution in [1.29, 1.82) is 0 Å². The third-order valence-corrected chi connectivity index (χ3v) is 7.86. The Morgan fingerprint density at radius 2 is 1.72 bits per heavy atom. The maximum absolute atomic E-state index is 13.4. The maximum Gasteiger partial charge on any atom is 0.273 e. The van der Waals surface area contributed by atoms with E-state index >= 15 is 0 Å². The Morgan fingerprint density at radius 3 is 2.42 bits per heavy atom. The molecule has 184 valence electrons. The number of carbonyl (C=O) groups is 2.